The second-order valence-corrected chi connectivity index (χ2v) is 14.5. The first-order valence-corrected chi connectivity index (χ1v) is 17.9. The third-order valence-corrected chi connectivity index (χ3v) is 10.8. The van der Waals surface area contributed by atoms with Crippen molar-refractivity contribution >= 4 is 11.8 Å². The lowest BCUT2D eigenvalue weighted by atomic mass is 9.60. The van der Waals surface area contributed by atoms with E-state index < -0.39 is 5.60 Å². The monoisotopic (exact) mass is 678 g/mol. The summed E-state index contributed by atoms with van der Waals surface area (Å²) in [6.07, 6.45) is 4.93. The van der Waals surface area contributed by atoms with Crippen molar-refractivity contribution < 1.29 is 23.8 Å². The quantitative estimate of drug-likeness (QED) is 0.182. The number of hydrogen-bond acceptors (Lipinski definition) is 7. The average Bonchev–Trinajstić information content (AvgIpc) is 3.11. The van der Waals surface area contributed by atoms with Gasteiger partial charge in [-0.3, -0.25) is 0 Å². The summed E-state index contributed by atoms with van der Waals surface area (Å²) in [6, 6.07) is 29.0. The van der Waals surface area contributed by atoms with Crippen LogP contribution in [0, 0.1) is 18.2 Å². The summed E-state index contributed by atoms with van der Waals surface area (Å²) in [7, 11) is 0. The first kappa shape index (κ1) is 34.0. The molecule has 7 rings (SSSR count). The topological polar surface area (TPSA) is 87.2 Å². The zero-order chi connectivity index (χ0) is 34.6. The number of aliphatic hydroxyl groups is 1. The second kappa shape index (κ2) is 14.8. The molecule has 3 heterocycles. The van der Waals surface area contributed by atoms with Crippen molar-refractivity contribution in [3.8, 4) is 17.0 Å². The Kier molecular flexibility index (Phi) is 10.1. The van der Waals surface area contributed by atoms with Gasteiger partial charge in [0, 0.05) is 36.9 Å². The largest absolute Gasteiger partial charge is 0.472 e. The van der Waals surface area contributed by atoms with Crippen molar-refractivity contribution in [2.45, 2.75) is 70.3 Å². The van der Waals surface area contributed by atoms with Crippen LogP contribution < -0.4 is 15.0 Å². The Bertz CT molecular complexity index is 1750. The first-order valence-electron chi connectivity index (χ1n) is 17.9. The van der Waals surface area contributed by atoms with Gasteiger partial charge in [-0.05, 0) is 105 Å². The maximum absolute atomic E-state index is 15.7. The lowest BCUT2D eigenvalue weighted by molar-refractivity contribution is -0.0485. The van der Waals surface area contributed by atoms with Crippen LogP contribution in [0.15, 0.2) is 91.0 Å². The molecular weight excluding hydrogens is 631 g/mol. The Morgan fingerprint density at radius 2 is 1.54 bits per heavy atom. The number of ether oxygens (including phenoxy) is 2. The molecule has 2 aliphatic heterocycles. The van der Waals surface area contributed by atoms with Crippen LogP contribution >= 0.6 is 0 Å². The third-order valence-electron chi connectivity index (χ3n) is 10.8. The maximum atomic E-state index is 15.7. The number of anilines is 1. The molecule has 1 aliphatic carbocycles. The molecule has 1 saturated carbocycles. The molecule has 262 valence electrons. The van der Waals surface area contributed by atoms with Gasteiger partial charge in [0.15, 0.2) is 0 Å². The normalized spacial score (nSPS) is 18.7. The van der Waals surface area contributed by atoms with E-state index in [1.165, 1.54) is 0 Å². The van der Waals surface area contributed by atoms with Crippen LogP contribution in [-0.2, 0) is 18.0 Å². The zero-order valence-corrected chi connectivity index (χ0v) is 28.8. The Morgan fingerprint density at radius 3 is 2.20 bits per heavy atom. The van der Waals surface area contributed by atoms with Gasteiger partial charge in [-0.15, -0.1) is 0 Å². The number of likely N-dealkylation sites (tertiary alicyclic amines) is 1. The molecule has 0 atom stereocenters. The van der Waals surface area contributed by atoms with E-state index in [1.54, 1.807) is 6.07 Å². The maximum Gasteiger partial charge on any atom is 0.407 e. The molecule has 0 bridgehead atoms. The Morgan fingerprint density at radius 1 is 0.880 bits per heavy atom. The second-order valence-electron chi connectivity index (χ2n) is 14.5. The predicted octanol–water partition coefficient (Wildman–Crippen LogP) is 7.28. The van der Waals surface area contributed by atoms with Crippen LogP contribution in [0.5, 0.6) is 5.88 Å². The minimum Gasteiger partial charge on any atom is -0.472 e. The number of amides is 1. The van der Waals surface area contributed by atoms with Gasteiger partial charge < -0.3 is 29.7 Å². The van der Waals surface area contributed by atoms with Gasteiger partial charge in [0.05, 0.1) is 11.3 Å². The van der Waals surface area contributed by atoms with Crippen molar-refractivity contribution in [3.63, 3.8) is 0 Å². The Hall–Kier alpha value is -4.47. The van der Waals surface area contributed by atoms with Crippen LogP contribution in [-0.4, -0.2) is 65.5 Å². The lowest BCUT2D eigenvalue weighted by Crippen LogP contribution is -2.57. The first-order chi connectivity index (χ1) is 24.2. The van der Waals surface area contributed by atoms with Gasteiger partial charge >= 0.3 is 6.09 Å². The van der Waals surface area contributed by atoms with E-state index >= 15 is 4.39 Å². The number of nitrogens with one attached hydrogen (secondary N) is 1. The standard InChI is InChI=1S/C41H47FN4O4/c1-30-12-14-35(38(43-30)49-27-31-8-4-2-5-9-31)33-13-15-37(36(42)24-33)46-22-18-41(48,19-23-46)29-45-20-16-40(17-21-45)25-34(26-40)44-39(47)50-28-32-10-6-3-7-11-32/h2-15,24,34,48H,16-23,25-29H2,1H3,(H,44,47). The molecular formula is C41H47FN4O4. The van der Waals surface area contributed by atoms with E-state index in [4.69, 9.17) is 9.47 Å². The Labute approximate surface area is 294 Å². The number of nitrogens with zero attached hydrogens (tertiary/aromatic N) is 3. The summed E-state index contributed by atoms with van der Waals surface area (Å²) < 4.78 is 27.2. The SMILES string of the molecule is Cc1ccc(-c2ccc(N3CCC(O)(CN4CCC5(CC4)CC(NC(=O)OCc4ccccc4)C5)CC3)c(F)c2)c(OCc2ccccc2)n1. The van der Waals surface area contributed by atoms with Gasteiger partial charge in [-0.25, -0.2) is 14.2 Å². The van der Waals surface area contributed by atoms with Crippen LogP contribution in [0.1, 0.15) is 55.3 Å². The van der Waals surface area contributed by atoms with Crippen LogP contribution in [0.3, 0.4) is 0 Å². The van der Waals surface area contributed by atoms with E-state index in [2.05, 4.69) is 15.2 Å². The minimum absolute atomic E-state index is 0.163. The third kappa shape index (κ3) is 8.11. The number of carbonyl (C=O) groups is 1. The number of benzene rings is 3. The van der Waals surface area contributed by atoms with Gasteiger partial charge in [0.25, 0.3) is 0 Å². The zero-order valence-electron chi connectivity index (χ0n) is 28.8. The average molecular weight is 679 g/mol. The molecule has 2 saturated heterocycles. The fourth-order valence-electron chi connectivity index (χ4n) is 7.87. The molecule has 4 aromatic rings. The highest BCUT2D eigenvalue weighted by molar-refractivity contribution is 5.71. The molecule has 1 spiro atoms. The number of β-amino-alcohol motifs (C(OH)–C–C–N with tert-alkyl or cyclic N) is 1. The van der Waals surface area contributed by atoms with Gasteiger partial charge in [0.2, 0.25) is 5.88 Å². The smallest absolute Gasteiger partial charge is 0.407 e. The summed E-state index contributed by atoms with van der Waals surface area (Å²) in [5.41, 5.74) is 4.36. The molecule has 3 aliphatic rings. The van der Waals surface area contributed by atoms with Crippen molar-refractivity contribution in [1.29, 1.82) is 0 Å². The molecule has 3 aromatic carbocycles. The van der Waals surface area contributed by atoms with Gasteiger partial charge in [-0.1, -0.05) is 66.7 Å². The van der Waals surface area contributed by atoms with Gasteiger partial charge in [-0.2, -0.15) is 0 Å². The molecule has 1 aromatic heterocycles. The van der Waals surface area contributed by atoms with Crippen molar-refractivity contribution in [2.24, 2.45) is 5.41 Å². The van der Waals surface area contributed by atoms with E-state index in [1.807, 2.05) is 96.8 Å². The minimum atomic E-state index is -0.789. The number of halogens is 1. The fourth-order valence-corrected chi connectivity index (χ4v) is 7.87. The molecule has 50 heavy (non-hydrogen) atoms. The summed E-state index contributed by atoms with van der Waals surface area (Å²) in [4.78, 5) is 21.3. The molecule has 1 amide bonds. The number of aromatic nitrogens is 1. The molecule has 9 heteroatoms. The van der Waals surface area contributed by atoms with E-state index in [9.17, 15) is 9.90 Å². The van der Waals surface area contributed by atoms with Crippen LogP contribution in [0.2, 0.25) is 0 Å². The molecule has 2 N–H and O–H groups in total. The van der Waals surface area contributed by atoms with Crippen LogP contribution in [0.4, 0.5) is 14.9 Å². The summed E-state index contributed by atoms with van der Waals surface area (Å²) >= 11 is 0. The number of aryl methyl sites for hydroxylation is 1. The molecule has 3 fully saturated rings. The summed E-state index contributed by atoms with van der Waals surface area (Å²) in [5, 5.41) is 14.6. The van der Waals surface area contributed by atoms with E-state index in [0.29, 0.717) is 50.7 Å². The number of carbonyl (C=O) groups excluding carboxylic acids is 1. The van der Waals surface area contributed by atoms with Crippen molar-refractivity contribution in [1.82, 2.24) is 15.2 Å². The highest BCUT2D eigenvalue weighted by Crippen LogP contribution is 2.49. The van der Waals surface area contributed by atoms with E-state index in [0.717, 1.165) is 66.7 Å². The summed E-state index contributed by atoms with van der Waals surface area (Å²) in [5.74, 6) is 0.197. The van der Waals surface area contributed by atoms with Crippen molar-refractivity contribution in [2.75, 3.05) is 37.6 Å². The highest BCUT2D eigenvalue weighted by atomic mass is 19.1. The summed E-state index contributed by atoms with van der Waals surface area (Å²) in [6.45, 7) is 6.28. The van der Waals surface area contributed by atoms with Gasteiger partial charge in [0.1, 0.15) is 19.0 Å². The van der Waals surface area contributed by atoms with Crippen LogP contribution in [0.25, 0.3) is 11.1 Å². The number of pyridine rings is 1. The Balaban J connectivity index is 0.870. The molecule has 0 radical (unpaired) electrons. The van der Waals surface area contributed by atoms with Crippen molar-refractivity contribution in [3.05, 3.63) is 114 Å². The highest BCUT2D eigenvalue weighted by Gasteiger charge is 2.47. The molecule has 8 nitrogen and oxygen atoms in total. The number of alkyl carbamates (subject to hydrolysis) is 1. The van der Waals surface area contributed by atoms with E-state index in [-0.39, 0.29) is 30.0 Å². The molecule has 0 unspecified atom stereocenters. The number of hydrogen-bond donors (Lipinski definition) is 2. The number of piperidine rings is 2. The fraction of sp³-hybridized carbons (Fsp3) is 0.415. The predicted molar refractivity (Wildman–Crippen MR) is 192 cm³/mol. The number of rotatable bonds is 10. The lowest BCUT2D eigenvalue weighted by Gasteiger charge is -2.53.